The molecular weight excluding hydrogens is 372 g/mol. The zero-order valence-electron chi connectivity index (χ0n) is 16.8. The third-order valence-electron chi connectivity index (χ3n) is 5.63. The van der Waals surface area contributed by atoms with Gasteiger partial charge >= 0.3 is 0 Å². The monoisotopic (exact) mass is 402 g/mol. The Hall–Kier alpha value is -2.09. The normalized spacial score (nSPS) is 24.3. The van der Waals surface area contributed by atoms with E-state index in [-0.39, 0.29) is 18.6 Å². The van der Waals surface area contributed by atoms with Crippen molar-refractivity contribution < 1.29 is 24.2 Å². The molecule has 1 unspecified atom stereocenters. The fourth-order valence-electron chi connectivity index (χ4n) is 4.07. The standard InChI is InChI=1S/C22H30N2O5/c25-24-22(29-15-19-14-26-9-10-27-19)12-21-20-6-5-16(11-17(20)7-8-23-21)13-28-18-3-1-2-4-18/h5-6,11-12,18-19,23,25H,1-4,7-10,13-15H2/b21-12-,24-22+. The molecule has 0 spiro atoms. The molecule has 7 nitrogen and oxygen atoms in total. The molecule has 2 N–H and O–H groups in total. The average molecular weight is 402 g/mol. The van der Waals surface area contributed by atoms with E-state index in [2.05, 4.69) is 28.7 Å². The van der Waals surface area contributed by atoms with Crippen LogP contribution in [-0.2, 0) is 32.0 Å². The quantitative estimate of drug-likeness (QED) is 0.330. The summed E-state index contributed by atoms with van der Waals surface area (Å²) in [6.45, 7) is 3.43. The van der Waals surface area contributed by atoms with Crippen molar-refractivity contribution in [2.75, 3.05) is 33.0 Å². The summed E-state index contributed by atoms with van der Waals surface area (Å²) in [6.07, 6.45) is 7.89. The van der Waals surface area contributed by atoms with E-state index in [0.29, 0.717) is 32.5 Å². The topological polar surface area (TPSA) is 81.5 Å². The number of hydrogen-bond acceptors (Lipinski definition) is 7. The lowest BCUT2D eigenvalue weighted by Crippen LogP contribution is -2.33. The van der Waals surface area contributed by atoms with Gasteiger partial charge < -0.3 is 29.5 Å². The molecule has 29 heavy (non-hydrogen) atoms. The summed E-state index contributed by atoms with van der Waals surface area (Å²) in [4.78, 5) is 0. The van der Waals surface area contributed by atoms with Crippen LogP contribution in [0.25, 0.3) is 5.70 Å². The van der Waals surface area contributed by atoms with E-state index in [0.717, 1.165) is 24.2 Å². The third-order valence-corrected chi connectivity index (χ3v) is 5.63. The first-order chi connectivity index (χ1) is 14.3. The summed E-state index contributed by atoms with van der Waals surface area (Å²) in [5.41, 5.74) is 4.47. The fourth-order valence-corrected chi connectivity index (χ4v) is 4.07. The molecule has 1 aromatic carbocycles. The van der Waals surface area contributed by atoms with Gasteiger partial charge in [-0.1, -0.05) is 31.0 Å². The molecule has 158 valence electrons. The van der Waals surface area contributed by atoms with Gasteiger partial charge in [-0.25, -0.2) is 0 Å². The van der Waals surface area contributed by atoms with Crippen LogP contribution in [0.3, 0.4) is 0 Å². The van der Waals surface area contributed by atoms with Crippen LogP contribution < -0.4 is 5.32 Å². The van der Waals surface area contributed by atoms with Crippen molar-refractivity contribution in [2.24, 2.45) is 5.16 Å². The number of hydrogen-bond donors (Lipinski definition) is 2. The predicted octanol–water partition coefficient (Wildman–Crippen LogP) is 2.85. The summed E-state index contributed by atoms with van der Waals surface area (Å²) in [5.74, 6) is 0.156. The molecule has 4 rings (SSSR count). The summed E-state index contributed by atoms with van der Waals surface area (Å²) in [5, 5.41) is 16.0. The second-order valence-electron chi connectivity index (χ2n) is 7.76. The van der Waals surface area contributed by atoms with E-state index in [4.69, 9.17) is 18.9 Å². The molecule has 1 aliphatic carbocycles. The van der Waals surface area contributed by atoms with Gasteiger partial charge in [-0.3, -0.25) is 0 Å². The Morgan fingerprint density at radius 2 is 2.17 bits per heavy atom. The summed E-state index contributed by atoms with van der Waals surface area (Å²) >= 11 is 0. The van der Waals surface area contributed by atoms with Gasteiger partial charge in [0.2, 0.25) is 0 Å². The number of ether oxygens (including phenoxy) is 4. The maximum absolute atomic E-state index is 9.35. The van der Waals surface area contributed by atoms with Gasteiger partial charge in [0.25, 0.3) is 5.90 Å². The molecule has 1 aromatic rings. The molecule has 0 aromatic heterocycles. The minimum Gasteiger partial charge on any atom is -0.473 e. The lowest BCUT2D eigenvalue weighted by Gasteiger charge is -2.24. The van der Waals surface area contributed by atoms with Crippen molar-refractivity contribution in [2.45, 2.75) is 50.9 Å². The van der Waals surface area contributed by atoms with Crippen LogP contribution >= 0.6 is 0 Å². The van der Waals surface area contributed by atoms with Crippen molar-refractivity contribution in [1.82, 2.24) is 5.32 Å². The van der Waals surface area contributed by atoms with Crippen LogP contribution in [0.4, 0.5) is 0 Å². The van der Waals surface area contributed by atoms with E-state index in [1.54, 1.807) is 6.08 Å². The predicted molar refractivity (Wildman–Crippen MR) is 109 cm³/mol. The Kier molecular flexibility index (Phi) is 7.03. The van der Waals surface area contributed by atoms with Gasteiger partial charge in [0.1, 0.15) is 12.7 Å². The third kappa shape index (κ3) is 5.50. The molecule has 2 heterocycles. The van der Waals surface area contributed by atoms with Crippen LogP contribution in [0.5, 0.6) is 0 Å². The van der Waals surface area contributed by atoms with E-state index < -0.39 is 0 Å². The lowest BCUT2D eigenvalue weighted by molar-refractivity contribution is -0.103. The average Bonchev–Trinajstić information content (AvgIpc) is 3.29. The van der Waals surface area contributed by atoms with Gasteiger partial charge in [-0.15, -0.1) is 0 Å². The summed E-state index contributed by atoms with van der Waals surface area (Å²) in [7, 11) is 0. The van der Waals surface area contributed by atoms with Crippen molar-refractivity contribution >= 4 is 11.6 Å². The Labute approximate surface area is 171 Å². The summed E-state index contributed by atoms with van der Waals surface area (Å²) in [6, 6.07) is 6.44. The minimum absolute atomic E-state index is 0.145. The zero-order valence-corrected chi connectivity index (χ0v) is 16.8. The molecule has 2 aliphatic heterocycles. The molecular formula is C22H30N2O5. The molecule has 0 amide bonds. The van der Waals surface area contributed by atoms with Gasteiger partial charge in [0.05, 0.1) is 32.5 Å². The maximum Gasteiger partial charge on any atom is 0.252 e. The first kappa shape index (κ1) is 20.2. The van der Waals surface area contributed by atoms with Gasteiger partial charge in [-0.05, 0) is 35.5 Å². The highest BCUT2D eigenvalue weighted by molar-refractivity contribution is 5.95. The largest absolute Gasteiger partial charge is 0.473 e. The Balaban J connectivity index is 1.39. The van der Waals surface area contributed by atoms with Crippen LogP contribution in [0.2, 0.25) is 0 Å². The second-order valence-corrected chi connectivity index (χ2v) is 7.76. The number of oxime groups is 1. The molecule has 3 aliphatic rings. The van der Waals surface area contributed by atoms with E-state index in [1.165, 1.54) is 36.8 Å². The molecule has 0 bridgehead atoms. The van der Waals surface area contributed by atoms with E-state index in [1.807, 2.05) is 0 Å². The number of fused-ring (bicyclic) bond motifs is 1. The first-order valence-corrected chi connectivity index (χ1v) is 10.6. The highest BCUT2D eigenvalue weighted by Crippen LogP contribution is 2.26. The zero-order chi connectivity index (χ0) is 19.9. The summed E-state index contributed by atoms with van der Waals surface area (Å²) < 4.78 is 22.6. The molecule has 2 fully saturated rings. The minimum atomic E-state index is -0.145. The molecule has 1 saturated heterocycles. The Morgan fingerprint density at radius 3 is 2.97 bits per heavy atom. The second kappa shape index (κ2) is 10.1. The van der Waals surface area contributed by atoms with E-state index in [9.17, 15) is 5.21 Å². The first-order valence-electron chi connectivity index (χ1n) is 10.6. The number of rotatable bonds is 6. The van der Waals surface area contributed by atoms with Gasteiger partial charge in [0.15, 0.2) is 0 Å². The SMILES string of the molecule is O/N=C(\C=C1/NCCc2cc(COC3CCCC3)ccc21)OCC1COCCO1. The number of benzene rings is 1. The molecule has 1 atom stereocenters. The van der Waals surface area contributed by atoms with Gasteiger partial charge in [0, 0.05) is 23.9 Å². The van der Waals surface area contributed by atoms with Crippen molar-refractivity contribution in [1.29, 1.82) is 0 Å². The van der Waals surface area contributed by atoms with Crippen molar-refractivity contribution in [3.05, 3.63) is 41.0 Å². The van der Waals surface area contributed by atoms with Crippen LogP contribution in [0.15, 0.2) is 29.4 Å². The maximum atomic E-state index is 9.35. The van der Waals surface area contributed by atoms with E-state index >= 15 is 0 Å². The highest BCUT2D eigenvalue weighted by Gasteiger charge is 2.19. The van der Waals surface area contributed by atoms with Crippen LogP contribution in [-0.4, -0.2) is 56.3 Å². The lowest BCUT2D eigenvalue weighted by atomic mass is 9.95. The fraction of sp³-hybridized carbons (Fsp3) is 0.591. The van der Waals surface area contributed by atoms with Crippen LogP contribution in [0, 0.1) is 0 Å². The van der Waals surface area contributed by atoms with Gasteiger partial charge in [-0.2, -0.15) is 0 Å². The van der Waals surface area contributed by atoms with Crippen molar-refractivity contribution in [3.8, 4) is 0 Å². The molecule has 7 heteroatoms. The number of nitrogens with one attached hydrogen (secondary N) is 1. The molecule has 0 radical (unpaired) electrons. The van der Waals surface area contributed by atoms with Crippen molar-refractivity contribution in [3.63, 3.8) is 0 Å². The number of nitrogens with zero attached hydrogens (tertiary/aromatic N) is 1. The Bertz CT molecular complexity index is 737. The highest BCUT2D eigenvalue weighted by atomic mass is 16.6. The molecule has 1 saturated carbocycles. The van der Waals surface area contributed by atoms with Crippen LogP contribution in [0.1, 0.15) is 42.4 Å². The Morgan fingerprint density at radius 1 is 1.28 bits per heavy atom. The smallest absolute Gasteiger partial charge is 0.252 e.